The van der Waals surface area contributed by atoms with Crippen LogP contribution in [-0.2, 0) is 32.4 Å². The third-order valence-corrected chi connectivity index (χ3v) is 9.03. The lowest BCUT2D eigenvalue weighted by Crippen LogP contribution is -2.44. The number of nitrogens with one attached hydrogen (secondary N) is 1. The van der Waals surface area contributed by atoms with Crippen LogP contribution in [0.1, 0.15) is 34.1 Å². The number of anilines is 2. The molecule has 1 aliphatic heterocycles. The van der Waals surface area contributed by atoms with E-state index in [2.05, 4.69) is 5.32 Å². The molecule has 3 aromatic rings. The van der Waals surface area contributed by atoms with E-state index in [9.17, 15) is 18.0 Å². The quantitative estimate of drug-likeness (QED) is 0.604. The number of aryl methyl sites for hydroxylation is 1. The van der Waals surface area contributed by atoms with Gasteiger partial charge in [-0.2, -0.15) is 0 Å². The van der Waals surface area contributed by atoms with Crippen molar-refractivity contribution >= 4 is 54.7 Å². The SMILES string of the molecule is COC(=O)c1c(NC(=O)[C@@H](C)N2c3cccc4cccc(c34)S2(=O)=O)sc2c1CCC2. The molecule has 1 N–H and O–H groups in total. The number of sulfonamides is 1. The van der Waals surface area contributed by atoms with Crippen molar-refractivity contribution in [3.63, 3.8) is 0 Å². The maximum Gasteiger partial charge on any atom is 0.341 e. The van der Waals surface area contributed by atoms with Crippen molar-refractivity contribution in [2.45, 2.75) is 37.1 Å². The highest BCUT2D eigenvalue weighted by Crippen LogP contribution is 2.44. The molecule has 2 aliphatic rings. The van der Waals surface area contributed by atoms with Gasteiger partial charge in [-0.15, -0.1) is 11.3 Å². The molecule has 31 heavy (non-hydrogen) atoms. The zero-order valence-corrected chi connectivity index (χ0v) is 18.6. The van der Waals surface area contributed by atoms with E-state index < -0.39 is 27.9 Å². The highest BCUT2D eigenvalue weighted by atomic mass is 32.2. The number of esters is 1. The number of methoxy groups -OCH3 is 1. The second-order valence-corrected chi connectivity index (χ2v) is 10.5. The van der Waals surface area contributed by atoms with E-state index in [-0.39, 0.29) is 4.90 Å². The molecule has 5 rings (SSSR count). The minimum Gasteiger partial charge on any atom is -0.465 e. The standard InChI is InChI=1S/C22H20N2O5S2/c1-12(20(25)23-21-19(22(26)29-2)14-8-5-10-16(14)30-21)24-15-9-3-6-13-7-4-11-17(18(13)15)31(24,27)28/h3-4,6-7,9,11-12H,5,8,10H2,1-2H3,(H,23,25)/t12-/m1/s1. The molecule has 1 aromatic heterocycles. The minimum absolute atomic E-state index is 0.200. The first-order valence-electron chi connectivity index (χ1n) is 9.94. The summed E-state index contributed by atoms with van der Waals surface area (Å²) in [5.41, 5.74) is 1.79. The second-order valence-electron chi connectivity index (χ2n) is 7.65. The number of rotatable bonds is 4. The summed E-state index contributed by atoms with van der Waals surface area (Å²) in [7, 11) is -2.57. The topological polar surface area (TPSA) is 92.8 Å². The van der Waals surface area contributed by atoms with Gasteiger partial charge in [-0.1, -0.05) is 24.3 Å². The zero-order chi connectivity index (χ0) is 21.9. The number of thiophene rings is 1. The average Bonchev–Trinajstić information content (AvgIpc) is 3.39. The van der Waals surface area contributed by atoms with E-state index in [0.717, 1.165) is 35.1 Å². The molecule has 0 radical (unpaired) electrons. The highest BCUT2D eigenvalue weighted by Gasteiger charge is 2.41. The minimum atomic E-state index is -3.88. The Kier molecular flexibility index (Phi) is 4.56. The average molecular weight is 457 g/mol. The third kappa shape index (κ3) is 2.87. The van der Waals surface area contributed by atoms with Gasteiger partial charge in [-0.3, -0.25) is 9.10 Å². The number of fused-ring (bicyclic) bond motifs is 1. The van der Waals surface area contributed by atoms with Crippen LogP contribution in [0.2, 0.25) is 0 Å². The molecule has 1 atom stereocenters. The van der Waals surface area contributed by atoms with Gasteiger partial charge in [-0.25, -0.2) is 13.2 Å². The largest absolute Gasteiger partial charge is 0.465 e. The van der Waals surface area contributed by atoms with Crippen LogP contribution in [-0.4, -0.2) is 33.4 Å². The molecule has 1 amide bonds. The van der Waals surface area contributed by atoms with E-state index in [0.29, 0.717) is 21.6 Å². The Bertz CT molecular complexity index is 1350. The molecule has 0 spiro atoms. The molecule has 0 saturated carbocycles. The second kappa shape index (κ2) is 7.06. The zero-order valence-electron chi connectivity index (χ0n) is 17.0. The molecule has 2 aromatic carbocycles. The molecule has 160 valence electrons. The Morgan fingerprint density at radius 1 is 1.16 bits per heavy atom. The van der Waals surface area contributed by atoms with Crippen LogP contribution in [0.5, 0.6) is 0 Å². The van der Waals surface area contributed by atoms with Gasteiger partial charge in [0.05, 0.1) is 23.3 Å². The summed E-state index contributed by atoms with van der Waals surface area (Å²) < 4.78 is 32.6. The molecular formula is C22H20N2O5S2. The van der Waals surface area contributed by atoms with Crippen LogP contribution < -0.4 is 9.62 Å². The van der Waals surface area contributed by atoms with E-state index >= 15 is 0 Å². The van der Waals surface area contributed by atoms with Gasteiger partial charge < -0.3 is 10.1 Å². The Morgan fingerprint density at radius 2 is 1.90 bits per heavy atom. The monoisotopic (exact) mass is 456 g/mol. The van der Waals surface area contributed by atoms with E-state index in [1.54, 1.807) is 31.2 Å². The molecule has 7 nitrogen and oxygen atoms in total. The van der Waals surface area contributed by atoms with Crippen molar-refractivity contribution in [2.75, 3.05) is 16.7 Å². The number of nitrogens with zero attached hydrogens (tertiary/aromatic N) is 1. The Labute approximate surface area is 183 Å². The fourth-order valence-corrected chi connectivity index (χ4v) is 7.62. The Balaban J connectivity index is 1.51. The van der Waals surface area contributed by atoms with Gasteiger partial charge in [0.15, 0.2) is 0 Å². The van der Waals surface area contributed by atoms with Crippen molar-refractivity contribution in [2.24, 2.45) is 0 Å². The number of benzene rings is 2. The summed E-state index contributed by atoms with van der Waals surface area (Å²) in [6.45, 7) is 1.55. The Hall–Kier alpha value is -2.91. The van der Waals surface area contributed by atoms with Crippen molar-refractivity contribution in [1.29, 1.82) is 0 Å². The number of hydrogen-bond acceptors (Lipinski definition) is 6. The lowest BCUT2D eigenvalue weighted by Gasteiger charge is -2.25. The molecular weight excluding hydrogens is 436 g/mol. The van der Waals surface area contributed by atoms with Crippen LogP contribution in [0, 0.1) is 0 Å². The van der Waals surface area contributed by atoms with Gasteiger partial charge in [0.25, 0.3) is 10.0 Å². The van der Waals surface area contributed by atoms with Crippen LogP contribution in [0.3, 0.4) is 0 Å². The highest BCUT2D eigenvalue weighted by molar-refractivity contribution is 7.93. The lowest BCUT2D eigenvalue weighted by molar-refractivity contribution is -0.116. The van der Waals surface area contributed by atoms with Crippen molar-refractivity contribution in [3.8, 4) is 0 Å². The molecule has 0 saturated heterocycles. The Morgan fingerprint density at radius 3 is 2.65 bits per heavy atom. The van der Waals surface area contributed by atoms with E-state index in [4.69, 9.17) is 4.74 Å². The van der Waals surface area contributed by atoms with Crippen molar-refractivity contribution in [3.05, 3.63) is 52.4 Å². The summed E-state index contributed by atoms with van der Waals surface area (Å²) in [6, 6.07) is 9.43. The predicted octanol–water partition coefficient (Wildman–Crippen LogP) is 3.71. The van der Waals surface area contributed by atoms with Crippen LogP contribution in [0.25, 0.3) is 10.8 Å². The maximum atomic E-state index is 13.3. The fourth-order valence-electron chi connectivity index (χ4n) is 4.47. The first-order valence-corrected chi connectivity index (χ1v) is 12.2. The molecule has 1 aliphatic carbocycles. The summed E-state index contributed by atoms with van der Waals surface area (Å²) in [6.07, 6.45) is 2.58. The van der Waals surface area contributed by atoms with Crippen LogP contribution in [0.4, 0.5) is 10.7 Å². The third-order valence-electron chi connectivity index (χ3n) is 5.90. The molecule has 0 bridgehead atoms. The normalized spacial score (nSPS) is 16.9. The summed E-state index contributed by atoms with van der Waals surface area (Å²) in [4.78, 5) is 26.8. The maximum absolute atomic E-state index is 13.3. The van der Waals surface area contributed by atoms with E-state index in [1.807, 2.05) is 12.1 Å². The first-order chi connectivity index (χ1) is 14.8. The van der Waals surface area contributed by atoms with Gasteiger partial charge in [-0.05, 0) is 49.3 Å². The van der Waals surface area contributed by atoms with Crippen LogP contribution >= 0.6 is 11.3 Å². The van der Waals surface area contributed by atoms with Gasteiger partial charge in [0.2, 0.25) is 5.91 Å². The van der Waals surface area contributed by atoms with Crippen molar-refractivity contribution in [1.82, 2.24) is 0 Å². The summed E-state index contributed by atoms with van der Waals surface area (Å²) in [5.74, 6) is -0.994. The number of carbonyl (C=O) groups is 2. The molecule has 9 heteroatoms. The molecule has 2 heterocycles. The summed E-state index contributed by atoms with van der Waals surface area (Å²) in [5, 5.41) is 4.64. The van der Waals surface area contributed by atoms with Gasteiger partial charge in [0, 0.05) is 10.3 Å². The van der Waals surface area contributed by atoms with Gasteiger partial charge >= 0.3 is 5.97 Å². The number of ether oxygens (including phenoxy) is 1. The number of carbonyl (C=O) groups excluding carboxylic acids is 2. The molecule has 0 fully saturated rings. The first kappa shape index (κ1) is 20.0. The predicted molar refractivity (Wildman–Crippen MR) is 119 cm³/mol. The summed E-state index contributed by atoms with van der Waals surface area (Å²) >= 11 is 1.36. The number of hydrogen-bond donors (Lipinski definition) is 1. The van der Waals surface area contributed by atoms with E-state index in [1.165, 1.54) is 22.8 Å². The fraction of sp³-hybridized carbons (Fsp3) is 0.273. The lowest BCUT2D eigenvalue weighted by atomic mass is 10.1. The number of amides is 1. The smallest absolute Gasteiger partial charge is 0.341 e. The molecule has 0 unspecified atom stereocenters. The van der Waals surface area contributed by atoms with Crippen molar-refractivity contribution < 1.29 is 22.7 Å². The van der Waals surface area contributed by atoms with Crippen LogP contribution in [0.15, 0.2) is 41.3 Å². The van der Waals surface area contributed by atoms with Gasteiger partial charge in [0.1, 0.15) is 11.0 Å².